The van der Waals surface area contributed by atoms with Crippen LogP contribution < -0.4 is 4.74 Å². The molecule has 2 aromatic heterocycles. The van der Waals surface area contributed by atoms with Crippen molar-refractivity contribution in [1.82, 2.24) is 14.7 Å². The minimum atomic E-state index is -0.776. The van der Waals surface area contributed by atoms with Gasteiger partial charge in [-0.2, -0.15) is 10.2 Å². The molecule has 0 fully saturated rings. The van der Waals surface area contributed by atoms with Gasteiger partial charge in [0.25, 0.3) is 5.89 Å². The first kappa shape index (κ1) is 22.7. The molecule has 0 radical (unpaired) electrons. The predicted molar refractivity (Wildman–Crippen MR) is 130 cm³/mol. The summed E-state index contributed by atoms with van der Waals surface area (Å²) in [5.74, 6) is 0.572. The fourth-order valence-electron chi connectivity index (χ4n) is 4.91. The number of carbonyl (C=O) groups is 1. The summed E-state index contributed by atoms with van der Waals surface area (Å²) in [6.45, 7) is 4.49. The smallest absolute Gasteiger partial charge is 0.303 e. The molecule has 0 atom stereocenters. The van der Waals surface area contributed by atoms with Gasteiger partial charge in [0.05, 0.1) is 11.7 Å². The SMILES string of the molecule is CC(C)Oc1ccc(-c2nc(-c3cccc4c3c3c(n4CCCC(=O)O)CCC3)no2)cc1C#N. The third-order valence-electron chi connectivity index (χ3n) is 6.30. The highest BCUT2D eigenvalue weighted by Crippen LogP contribution is 2.39. The van der Waals surface area contributed by atoms with Crippen molar-refractivity contribution in [3.05, 3.63) is 53.2 Å². The highest BCUT2D eigenvalue weighted by Gasteiger charge is 2.25. The maximum Gasteiger partial charge on any atom is 0.303 e. The highest BCUT2D eigenvalue weighted by atomic mass is 16.5. The average molecular weight is 471 g/mol. The third-order valence-corrected chi connectivity index (χ3v) is 6.30. The maximum absolute atomic E-state index is 11.0. The molecule has 1 N–H and O–H groups in total. The second-order valence-electron chi connectivity index (χ2n) is 9.04. The van der Waals surface area contributed by atoms with E-state index in [9.17, 15) is 10.1 Å². The number of aryl methyl sites for hydroxylation is 2. The number of hydrogen-bond acceptors (Lipinski definition) is 6. The Kier molecular flexibility index (Phi) is 6.00. The molecular weight excluding hydrogens is 444 g/mol. The van der Waals surface area contributed by atoms with E-state index >= 15 is 0 Å². The van der Waals surface area contributed by atoms with Crippen LogP contribution in [0.15, 0.2) is 40.9 Å². The molecule has 178 valence electrons. The molecule has 0 saturated heterocycles. The van der Waals surface area contributed by atoms with E-state index in [1.807, 2.05) is 32.0 Å². The van der Waals surface area contributed by atoms with Crippen LogP contribution in [-0.2, 0) is 24.2 Å². The third kappa shape index (κ3) is 4.26. The molecule has 8 heteroatoms. The van der Waals surface area contributed by atoms with E-state index in [2.05, 4.69) is 26.8 Å². The van der Waals surface area contributed by atoms with Gasteiger partial charge in [0.2, 0.25) is 5.82 Å². The predicted octanol–water partition coefficient (Wildman–Crippen LogP) is 5.37. The van der Waals surface area contributed by atoms with Gasteiger partial charge in [-0.05, 0) is 69.4 Å². The molecule has 2 aromatic carbocycles. The van der Waals surface area contributed by atoms with Crippen molar-refractivity contribution in [3.8, 4) is 34.7 Å². The molecular formula is C27H26N4O4. The Morgan fingerprint density at radius 2 is 2.14 bits per heavy atom. The lowest BCUT2D eigenvalue weighted by Gasteiger charge is -2.11. The quantitative estimate of drug-likeness (QED) is 0.368. The topological polar surface area (TPSA) is 114 Å². The van der Waals surface area contributed by atoms with E-state index in [0.29, 0.717) is 41.6 Å². The van der Waals surface area contributed by atoms with Crippen molar-refractivity contribution in [3.63, 3.8) is 0 Å². The van der Waals surface area contributed by atoms with Gasteiger partial charge in [0.15, 0.2) is 0 Å². The van der Waals surface area contributed by atoms with Crippen LogP contribution in [0.2, 0.25) is 0 Å². The van der Waals surface area contributed by atoms with E-state index in [1.54, 1.807) is 12.1 Å². The molecule has 1 aliphatic carbocycles. The van der Waals surface area contributed by atoms with Crippen LogP contribution in [0.3, 0.4) is 0 Å². The van der Waals surface area contributed by atoms with Crippen LogP contribution in [0.4, 0.5) is 0 Å². The first-order chi connectivity index (χ1) is 17.0. The summed E-state index contributed by atoms with van der Waals surface area (Å²) in [5, 5.41) is 24.0. The standard InChI is InChI=1S/C27H26N4O4/c1-16(2)34-23-12-11-17(14-18(23)15-28)27-29-26(30-35-27)20-7-4-9-22-25(20)19-6-3-8-21(19)31(22)13-5-10-24(32)33/h4,7,9,11-12,14,16H,3,5-6,8,10,13H2,1-2H3,(H,32,33). The minimum Gasteiger partial charge on any atom is -0.490 e. The van der Waals surface area contributed by atoms with Crippen LogP contribution in [0, 0.1) is 11.3 Å². The fraction of sp³-hybridized carbons (Fsp3) is 0.333. The van der Waals surface area contributed by atoms with Crippen molar-refractivity contribution in [2.75, 3.05) is 0 Å². The minimum absolute atomic E-state index is 0.0402. The number of ether oxygens (including phenoxy) is 1. The van der Waals surface area contributed by atoms with Crippen molar-refractivity contribution in [2.45, 2.75) is 58.6 Å². The highest BCUT2D eigenvalue weighted by molar-refractivity contribution is 5.98. The second-order valence-corrected chi connectivity index (χ2v) is 9.04. The summed E-state index contributed by atoms with van der Waals surface area (Å²) in [6.07, 6.45) is 3.72. The molecule has 8 nitrogen and oxygen atoms in total. The Bertz CT molecular complexity index is 1460. The zero-order valence-electron chi connectivity index (χ0n) is 19.7. The van der Waals surface area contributed by atoms with Crippen LogP contribution in [0.1, 0.15) is 49.9 Å². The number of hydrogen-bond donors (Lipinski definition) is 1. The lowest BCUT2D eigenvalue weighted by atomic mass is 10.0. The summed E-state index contributed by atoms with van der Waals surface area (Å²) in [6, 6.07) is 13.5. The van der Waals surface area contributed by atoms with Gasteiger partial charge in [0.1, 0.15) is 11.8 Å². The van der Waals surface area contributed by atoms with E-state index < -0.39 is 5.97 Å². The molecule has 5 rings (SSSR count). The molecule has 0 spiro atoms. The number of rotatable bonds is 8. The zero-order valence-corrected chi connectivity index (χ0v) is 19.7. The Morgan fingerprint density at radius 3 is 2.91 bits per heavy atom. The van der Waals surface area contributed by atoms with Crippen molar-refractivity contribution >= 4 is 16.9 Å². The molecule has 0 aliphatic heterocycles. The molecule has 1 aliphatic rings. The largest absolute Gasteiger partial charge is 0.490 e. The van der Waals surface area contributed by atoms with Gasteiger partial charge in [-0.15, -0.1) is 0 Å². The number of aliphatic carboxylic acids is 1. The molecule has 35 heavy (non-hydrogen) atoms. The van der Waals surface area contributed by atoms with Gasteiger partial charge >= 0.3 is 5.97 Å². The Hall–Kier alpha value is -4.12. The van der Waals surface area contributed by atoms with Crippen molar-refractivity contribution in [2.24, 2.45) is 0 Å². The van der Waals surface area contributed by atoms with E-state index in [-0.39, 0.29) is 12.5 Å². The number of nitriles is 1. The number of carboxylic acids is 1. The number of nitrogens with zero attached hydrogens (tertiary/aromatic N) is 4. The second kappa shape index (κ2) is 9.26. The molecule has 0 unspecified atom stereocenters. The van der Waals surface area contributed by atoms with Crippen molar-refractivity contribution in [1.29, 1.82) is 5.26 Å². The first-order valence-electron chi connectivity index (χ1n) is 11.9. The summed E-state index contributed by atoms with van der Waals surface area (Å²) >= 11 is 0. The summed E-state index contributed by atoms with van der Waals surface area (Å²) < 4.78 is 13.6. The first-order valence-corrected chi connectivity index (χ1v) is 11.9. The lowest BCUT2D eigenvalue weighted by molar-refractivity contribution is -0.137. The lowest BCUT2D eigenvalue weighted by Crippen LogP contribution is -2.06. The Labute approximate surface area is 202 Å². The number of carboxylic acid groups (broad SMARTS) is 1. The van der Waals surface area contributed by atoms with Crippen LogP contribution in [0.5, 0.6) is 5.75 Å². The van der Waals surface area contributed by atoms with Gasteiger partial charge in [-0.25, -0.2) is 0 Å². The molecule has 0 bridgehead atoms. The van der Waals surface area contributed by atoms with Crippen LogP contribution >= 0.6 is 0 Å². The molecule has 4 aromatic rings. The molecule has 2 heterocycles. The van der Waals surface area contributed by atoms with E-state index in [1.165, 1.54) is 11.3 Å². The molecule has 0 saturated carbocycles. The van der Waals surface area contributed by atoms with Crippen LogP contribution in [0.25, 0.3) is 33.7 Å². The molecule has 0 amide bonds. The normalized spacial score (nSPS) is 12.7. The Balaban J connectivity index is 1.53. The Morgan fingerprint density at radius 1 is 1.29 bits per heavy atom. The van der Waals surface area contributed by atoms with E-state index in [0.717, 1.165) is 35.7 Å². The monoisotopic (exact) mass is 470 g/mol. The van der Waals surface area contributed by atoms with Gasteiger partial charge < -0.3 is 18.9 Å². The number of benzene rings is 2. The van der Waals surface area contributed by atoms with Gasteiger partial charge in [-0.1, -0.05) is 17.3 Å². The van der Waals surface area contributed by atoms with E-state index in [4.69, 9.17) is 14.4 Å². The van der Waals surface area contributed by atoms with Gasteiger partial charge in [-0.3, -0.25) is 4.79 Å². The number of fused-ring (bicyclic) bond motifs is 3. The fourth-order valence-corrected chi connectivity index (χ4v) is 4.91. The summed E-state index contributed by atoms with van der Waals surface area (Å²) in [7, 11) is 0. The zero-order chi connectivity index (χ0) is 24.5. The summed E-state index contributed by atoms with van der Waals surface area (Å²) in [4.78, 5) is 15.7. The van der Waals surface area contributed by atoms with Crippen LogP contribution in [-0.4, -0.2) is 31.9 Å². The average Bonchev–Trinajstić information content (AvgIpc) is 3.56. The van der Waals surface area contributed by atoms with Gasteiger partial charge in [0, 0.05) is 40.7 Å². The van der Waals surface area contributed by atoms with Crippen molar-refractivity contribution < 1.29 is 19.2 Å². The maximum atomic E-state index is 11.0. The summed E-state index contributed by atoms with van der Waals surface area (Å²) in [5.41, 5.74) is 5.60. The number of aromatic nitrogens is 3.